The maximum atomic E-state index is 13.8. The molecule has 0 N–H and O–H groups in total. The summed E-state index contributed by atoms with van der Waals surface area (Å²) in [4.78, 5) is 9.79. The second-order valence-corrected chi connectivity index (χ2v) is 3.89. The van der Waals surface area contributed by atoms with Crippen LogP contribution in [0.15, 0.2) is 12.1 Å². The van der Waals surface area contributed by atoms with Gasteiger partial charge in [0.25, 0.3) is 0 Å². The first-order chi connectivity index (χ1) is 7.97. The minimum absolute atomic E-state index is 0.147. The zero-order chi connectivity index (χ0) is 13.0. The van der Waals surface area contributed by atoms with Gasteiger partial charge in [-0.2, -0.15) is 4.39 Å². The van der Waals surface area contributed by atoms with Gasteiger partial charge < -0.3 is 9.47 Å². The molecule has 1 rings (SSSR count). The first kappa shape index (κ1) is 13.2. The Morgan fingerprint density at radius 1 is 1.47 bits per heavy atom. The Kier molecular flexibility index (Phi) is 4.25. The van der Waals surface area contributed by atoms with Crippen LogP contribution in [0.1, 0.15) is 13.8 Å². The molecule has 0 fully saturated rings. The summed E-state index contributed by atoms with van der Waals surface area (Å²) in [7, 11) is 1.35. The third-order valence-electron chi connectivity index (χ3n) is 2.02. The van der Waals surface area contributed by atoms with E-state index >= 15 is 0 Å². The lowest BCUT2D eigenvalue weighted by molar-refractivity contribution is -0.387. The fraction of sp³-hybridized carbons (Fsp3) is 0.455. The van der Waals surface area contributed by atoms with Gasteiger partial charge in [-0.3, -0.25) is 10.1 Å². The molecule has 1 aromatic rings. The molecule has 5 nitrogen and oxygen atoms in total. The standard InChI is InChI=1S/C11H14FNO4/c1-7(2)6-17-11-9(16-3)5-4-8(10(11)12)13(14)15/h4-5,7H,6H2,1-3H3. The number of nitro groups is 1. The number of rotatable bonds is 5. The van der Waals surface area contributed by atoms with E-state index < -0.39 is 16.4 Å². The van der Waals surface area contributed by atoms with Crippen LogP contribution in [0.2, 0.25) is 0 Å². The fourth-order valence-corrected chi connectivity index (χ4v) is 1.21. The molecule has 0 saturated heterocycles. The van der Waals surface area contributed by atoms with Gasteiger partial charge in [0.05, 0.1) is 18.6 Å². The van der Waals surface area contributed by atoms with E-state index in [4.69, 9.17) is 9.47 Å². The highest BCUT2D eigenvalue weighted by molar-refractivity contribution is 5.50. The van der Waals surface area contributed by atoms with Gasteiger partial charge in [-0.15, -0.1) is 0 Å². The lowest BCUT2D eigenvalue weighted by atomic mass is 10.2. The van der Waals surface area contributed by atoms with Crippen molar-refractivity contribution in [2.24, 2.45) is 5.92 Å². The van der Waals surface area contributed by atoms with Gasteiger partial charge in [-0.1, -0.05) is 13.8 Å². The van der Waals surface area contributed by atoms with Crippen LogP contribution in [0.4, 0.5) is 10.1 Å². The van der Waals surface area contributed by atoms with Crippen molar-refractivity contribution in [2.75, 3.05) is 13.7 Å². The van der Waals surface area contributed by atoms with E-state index in [0.717, 1.165) is 6.07 Å². The smallest absolute Gasteiger partial charge is 0.308 e. The van der Waals surface area contributed by atoms with Crippen molar-refractivity contribution in [2.45, 2.75) is 13.8 Å². The maximum Gasteiger partial charge on any atom is 0.308 e. The SMILES string of the molecule is COc1ccc([N+](=O)[O-])c(F)c1OCC(C)C. The summed E-state index contributed by atoms with van der Waals surface area (Å²) in [6.45, 7) is 4.04. The average molecular weight is 243 g/mol. The van der Waals surface area contributed by atoms with Gasteiger partial charge in [-0.25, -0.2) is 0 Å². The molecule has 0 atom stereocenters. The molecule has 94 valence electrons. The van der Waals surface area contributed by atoms with Gasteiger partial charge in [0.1, 0.15) is 0 Å². The van der Waals surface area contributed by atoms with E-state index in [0.29, 0.717) is 0 Å². The molecule has 0 aliphatic heterocycles. The molecular formula is C11H14FNO4. The largest absolute Gasteiger partial charge is 0.493 e. The van der Waals surface area contributed by atoms with Crippen LogP contribution < -0.4 is 9.47 Å². The highest BCUT2D eigenvalue weighted by Crippen LogP contribution is 2.35. The van der Waals surface area contributed by atoms with Crippen LogP contribution in [-0.4, -0.2) is 18.6 Å². The summed E-state index contributed by atoms with van der Waals surface area (Å²) in [6, 6.07) is 2.37. The van der Waals surface area contributed by atoms with E-state index in [2.05, 4.69) is 0 Å². The van der Waals surface area contributed by atoms with Crippen LogP contribution in [0, 0.1) is 21.8 Å². The number of nitrogens with zero attached hydrogens (tertiary/aromatic N) is 1. The van der Waals surface area contributed by atoms with Crippen LogP contribution in [0.3, 0.4) is 0 Å². The van der Waals surface area contributed by atoms with Crippen molar-refractivity contribution in [3.8, 4) is 11.5 Å². The first-order valence-electron chi connectivity index (χ1n) is 5.11. The lowest BCUT2D eigenvalue weighted by Crippen LogP contribution is -2.08. The molecule has 6 heteroatoms. The first-order valence-corrected chi connectivity index (χ1v) is 5.11. The zero-order valence-electron chi connectivity index (χ0n) is 9.90. The Balaban J connectivity index is 3.13. The maximum absolute atomic E-state index is 13.8. The van der Waals surface area contributed by atoms with Crippen molar-refractivity contribution >= 4 is 5.69 Å². The molecule has 1 aromatic carbocycles. The van der Waals surface area contributed by atoms with Gasteiger partial charge >= 0.3 is 5.69 Å². The molecular weight excluding hydrogens is 229 g/mol. The van der Waals surface area contributed by atoms with Crippen LogP contribution >= 0.6 is 0 Å². The van der Waals surface area contributed by atoms with Gasteiger partial charge in [0, 0.05) is 6.07 Å². The highest BCUT2D eigenvalue weighted by atomic mass is 19.1. The van der Waals surface area contributed by atoms with E-state index in [-0.39, 0.29) is 24.0 Å². The lowest BCUT2D eigenvalue weighted by Gasteiger charge is -2.12. The van der Waals surface area contributed by atoms with Gasteiger partial charge in [-0.05, 0) is 12.0 Å². The van der Waals surface area contributed by atoms with Crippen LogP contribution in [-0.2, 0) is 0 Å². The van der Waals surface area contributed by atoms with Crippen LogP contribution in [0.5, 0.6) is 11.5 Å². The van der Waals surface area contributed by atoms with E-state index in [1.165, 1.54) is 13.2 Å². The molecule has 17 heavy (non-hydrogen) atoms. The van der Waals surface area contributed by atoms with Crippen molar-refractivity contribution in [1.29, 1.82) is 0 Å². The minimum Gasteiger partial charge on any atom is -0.493 e. The van der Waals surface area contributed by atoms with E-state index in [9.17, 15) is 14.5 Å². The van der Waals surface area contributed by atoms with E-state index in [1.807, 2.05) is 13.8 Å². The Bertz CT molecular complexity index is 420. The molecule has 0 spiro atoms. The van der Waals surface area contributed by atoms with Crippen molar-refractivity contribution in [3.63, 3.8) is 0 Å². The Morgan fingerprint density at radius 3 is 2.59 bits per heavy atom. The summed E-state index contributed by atoms with van der Waals surface area (Å²) >= 11 is 0. The summed E-state index contributed by atoms with van der Waals surface area (Å²) in [5.41, 5.74) is -0.621. The third-order valence-corrected chi connectivity index (χ3v) is 2.02. The molecule has 0 heterocycles. The predicted molar refractivity (Wildman–Crippen MR) is 59.9 cm³/mol. The highest BCUT2D eigenvalue weighted by Gasteiger charge is 2.23. The molecule has 0 aromatic heterocycles. The molecule has 0 radical (unpaired) electrons. The Morgan fingerprint density at radius 2 is 2.12 bits per heavy atom. The predicted octanol–water partition coefficient (Wildman–Crippen LogP) is 2.78. The average Bonchev–Trinajstić information content (AvgIpc) is 2.26. The fourth-order valence-electron chi connectivity index (χ4n) is 1.21. The molecule has 0 unspecified atom stereocenters. The second kappa shape index (κ2) is 5.47. The van der Waals surface area contributed by atoms with Crippen molar-refractivity contribution in [1.82, 2.24) is 0 Å². The zero-order valence-corrected chi connectivity index (χ0v) is 9.90. The Labute approximate surface area is 98.3 Å². The molecule has 0 bridgehead atoms. The van der Waals surface area contributed by atoms with Crippen LogP contribution in [0.25, 0.3) is 0 Å². The number of hydrogen-bond acceptors (Lipinski definition) is 4. The monoisotopic (exact) mass is 243 g/mol. The second-order valence-electron chi connectivity index (χ2n) is 3.89. The summed E-state index contributed by atoms with van der Waals surface area (Å²) in [5.74, 6) is -0.891. The third kappa shape index (κ3) is 3.05. The molecule has 0 amide bonds. The number of ether oxygens (including phenoxy) is 2. The van der Waals surface area contributed by atoms with E-state index in [1.54, 1.807) is 0 Å². The number of nitro benzene ring substituents is 1. The summed E-state index contributed by atoms with van der Waals surface area (Å²) in [6.07, 6.45) is 0. The molecule has 0 aliphatic rings. The minimum atomic E-state index is -1.00. The van der Waals surface area contributed by atoms with Gasteiger partial charge in [0.2, 0.25) is 11.6 Å². The summed E-state index contributed by atoms with van der Waals surface area (Å²) < 4.78 is 23.9. The molecule has 0 saturated carbocycles. The number of methoxy groups -OCH3 is 1. The number of halogens is 1. The molecule has 0 aliphatic carbocycles. The normalized spacial score (nSPS) is 10.4. The topological polar surface area (TPSA) is 61.6 Å². The number of benzene rings is 1. The van der Waals surface area contributed by atoms with Crippen molar-refractivity contribution in [3.05, 3.63) is 28.1 Å². The Hall–Kier alpha value is -1.85. The van der Waals surface area contributed by atoms with Crippen molar-refractivity contribution < 1.29 is 18.8 Å². The summed E-state index contributed by atoms with van der Waals surface area (Å²) in [5, 5.41) is 10.6. The van der Waals surface area contributed by atoms with Gasteiger partial charge in [0.15, 0.2) is 5.75 Å². The number of hydrogen-bond donors (Lipinski definition) is 0. The quantitative estimate of drug-likeness (QED) is 0.589.